The van der Waals surface area contributed by atoms with Crippen molar-refractivity contribution in [2.24, 2.45) is 0 Å². The number of hydrogen-bond acceptors (Lipinski definition) is 3. The summed E-state index contributed by atoms with van der Waals surface area (Å²) in [6.07, 6.45) is 0. The zero-order chi connectivity index (χ0) is 20.4. The molecule has 0 saturated carbocycles. The summed E-state index contributed by atoms with van der Waals surface area (Å²) < 4.78 is 5.46. The van der Waals surface area contributed by atoms with Crippen molar-refractivity contribution in [2.75, 3.05) is 16.8 Å². The number of benzene rings is 3. The van der Waals surface area contributed by atoms with E-state index in [1.165, 1.54) is 0 Å². The maximum atomic E-state index is 12.5. The first kappa shape index (κ1) is 19.3. The van der Waals surface area contributed by atoms with E-state index < -0.39 is 0 Å². The van der Waals surface area contributed by atoms with Gasteiger partial charge >= 0.3 is 0 Å². The van der Waals surface area contributed by atoms with Crippen molar-refractivity contribution in [1.29, 1.82) is 0 Å². The van der Waals surface area contributed by atoms with Gasteiger partial charge in [0, 0.05) is 5.56 Å². The Hall–Kier alpha value is -3.02. The molecule has 0 fully saturated rings. The molecule has 1 N–H and O–H groups in total. The number of halogens is 2. The fourth-order valence-electron chi connectivity index (χ4n) is 3.07. The number of ether oxygens (including phenoxy) is 1. The zero-order valence-corrected chi connectivity index (χ0v) is 16.7. The number of carbonyl (C=O) groups is 2. The highest BCUT2D eigenvalue weighted by atomic mass is 35.5. The van der Waals surface area contributed by atoms with E-state index in [0.29, 0.717) is 33.6 Å². The van der Waals surface area contributed by atoms with Gasteiger partial charge in [-0.3, -0.25) is 9.59 Å². The van der Waals surface area contributed by atoms with Gasteiger partial charge in [0.15, 0.2) is 6.61 Å². The number of anilines is 2. The summed E-state index contributed by atoms with van der Waals surface area (Å²) >= 11 is 12.1. The lowest BCUT2D eigenvalue weighted by Crippen LogP contribution is -2.38. The summed E-state index contributed by atoms with van der Waals surface area (Å²) in [6, 6.07) is 19.5. The molecule has 4 rings (SSSR count). The van der Waals surface area contributed by atoms with Gasteiger partial charge in [0.25, 0.3) is 11.8 Å². The van der Waals surface area contributed by atoms with Crippen LogP contribution in [-0.4, -0.2) is 18.4 Å². The molecule has 3 aromatic carbocycles. The summed E-state index contributed by atoms with van der Waals surface area (Å²) in [4.78, 5) is 26.5. The van der Waals surface area contributed by atoms with Crippen LogP contribution < -0.4 is 15.0 Å². The Labute approximate surface area is 177 Å². The van der Waals surface area contributed by atoms with Gasteiger partial charge in [0.2, 0.25) is 0 Å². The van der Waals surface area contributed by atoms with Crippen LogP contribution in [0, 0.1) is 0 Å². The molecule has 3 aromatic rings. The molecule has 1 aliphatic heterocycles. The van der Waals surface area contributed by atoms with Crippen LogP contribution in [0.4, 0.5) is 11.4 Å². The molecule has 0 aromatic heterocycles. The standard InChI is InChI=1S/C22H16Cl2N2O3/c23-16-4-3-5-17(21(16)24)25-22(28)15-10-8-14(9-11-15)12-26-18-6-1-2-7-19(18)29-13-20(26)27/h1-11H,12-13H2,(H,25,28). The summed E-state index contributed by atoms with van der Waals surface area (Å²) in [7, 11) is 0. The summed E-state index contributed by atoms with van der Waals surface area (Å²) in [5, 5.41) is 3.42. The smallest absolute Gasteiger partial charge is 0.265 e. The van der Waals surface area contributed by atoms with Gasteiger partial charge in [-0.1, -0.05) is 53.5 Å². The molecule has 1 aliphatic rings. The maximum Gasteiger partial charge on any atom is 0.265 e. The first-order chi connectivity index (χ1) is 14.0. The molecule has 29 heavy (non-hydrogen) atoms. The van der Waals surface area contributed by atoms with E-state index in [4.69, 9.17) is 27.9 Å². The normalized spacial score (nSPS) is 12.9. The second-order valence-electron chi connectivity index (χ2n) is 6.49. The van der Waals surface area contributed by atoms with Crippen LogP contribution in [0.2, 0.25) is 10.0 Å². The third-order valence-corrected chi connectivity index (χ3v) is 5.38. The van der Waals surface area contributed by atoms with Crippen molar-refractivity contribution in [3.8, 4) is 5.75 Å². The molecule has 7 heteroatoms. The second-order valence-corrected chi connectivity index (χ2v) is 7.27. The lowest BCUT2D eigenvalue weighted by Gasteiger charge is -2.29. The molecular weight excluding hydrogens is 411 g/mol. The number of carbonyl (C=O) groups excluding carboxylic acids is 2. The molecule has 0 aliphatic carbocycles. The van der Waals surface area contributed by atoms with Gasteiger partial charge in [-0.25, -0.2) is 0 Å². The minimum Gasteiger partial charge on any atom is -0.482 e. The predicted octanol–water partition coefficient (Wildman–Crippen LogP) is 5.17. The van der Waals surface area contributed by atoms with E-state index in [-0.39, 0.29) is 18.4 Å². The lowest BCUT2D eigenvalue weighted by molar-refractivity contribution is -0.121. The molecule has 5 nitrogen and oxygen atoms in total. The number of para-hydroxylation sites is 2. The fraction of sp³-hybridized carbons (Fsp3) is 0.0909. The monoisotopic (exact) mass is 426 g/mol. The van der Waals surface area contributed by atoms with Crippen LogP contribution in [0.5, 0.6) is 5.75 Å². The summed E-state index contributed by atoms with van der Waals surface area (Å²) in [5.74, 6) is 0.274. The van der Waals surface area contributed by atoms with Crippen molar-refractivity contribution in [2.45, 2.75) is 6.54 Å². The van der Waals surface area contributed by atoms with E-state index in [0.717, 1.165) is 11.3 Å². The SMILES string of the molecule is O=C(Nc1cccc(Cl)c1Cl)c1ccc(CN2C(=O)COc3ccccc32)cc1. The summed E-state index contributed by atoms with van der Waals surface area (Å²) in [5.41, 5.74) is 2.55. The topological polar surface area (TPSA) is 58.6 Å². The molecule has 146 valence electrons. The second kappa shape index (κ2) is 8.15. The average Bonchev–Trinajstić information content (AvgIpc) is 2.74. The van der Waals surface area contributed by atoms with Crippen LogP contribution in [0.1, 0.15) is 15.9 Å². The van der Waals surface area contributed by atoms with E-state index in [9.17, 15) is 9.59 Å². The Kier molecular flexibility index (Phi) is 5.43. The van der Waals surface area contributed by atoms with Crippen molar-refractivity contribution in [3.05, 3.63) is 87.9 Å². The van der Waals surface area contributed by atoms with Crippen molar-refractivity contribution >= 4 is 46.4 Å². The Bertz CT molecular complexity index is 1080. The van der Waals surface area contributed by atoms with Gasteiger partial charge in [-0.2, -0.15) is 0 Å². The van der Waals surface area contributed by atoms with E-state index in [1.807, 2.05) is 36.4 Å². The average molecular weight is 427 g/mol. The van der Waals surface area contributed by atoms with Gasteiger partial charge in [-0.15, -0.1) is 0 Å². The predicted molar refractivity (Wildman–Crippen MR) is 114 cm³/mol. The van der Waals surface area contributed by atoms with E-state index >= 15 is 0 Å². The van der Waals surface area contributed by atoms with Crippen LogP contribution in [0.3, 0.4) is 0 Å². The van der Waals surface area contributed by atoms with Crippen LogP contribution >= 0.6 is 23.2 Å². The summed E-state index contributed by atoms with van der Waals surface area (Å²) in [6.45, 7) is 0.402. The first-order valence-electron chi connectivity index (χ1n) is 8.89. The Morgan fingerprint density at radius 2 is 1.76 bits per heavy atom. The highest BCUT2D eigenvalue weighted by Gasteiger charge is 2.25. The van der Waals surface area contributed by atoms with Gasteiger partial charge in [0.05, 0.1) is 28.0 Å². The van der Waals surface area contributed by atoms with Crippen molar-refractivity contribution in [1.82, 2.24) is 0 Å². The molecule has 2 amide bonds. The maximum absolute atomic E-state index is 12.5. The van der Waals surface area contributed by atoms with Crippen molar-refractivity contribution in [3.63, 3.8) is 0 Å². The quantitative estimate of drug-likeness (QED) is 0.625. The van der Waals surface area contributed by atoms with E-state index in [2.05, 4.69) is 5.32 Å². The highest BCUT2D eigenvalue weighted by Crippen LogP contribution is 2.33. The number of hydrogen-bond donors (Lipinski definition) is 1. The molecule has 0 saturated heterocycles. The Morgan fingerprint density at radius 3 is 2.55 bits per heavy atom. The largest absolute Gasteiger partial charge is 0.482 e. The number of fused-ring (bicyclic) bond motifs is 1. The molecule has 0 radical (unpaired) electrons. The Balaban J connectivity index is 1.49. The number of nitrogens with one attached hydrogen (secondary N) is 1. The van der Waals surface area contributed by atoms with Crippen LogP contribution in [-0.2, 0) is 11.3 Å². The molecular formula is C22H16Cl2N2O3. The molecule has 0 bridgehead atoms. The lowest BCUT2D eigenvalue weighted by atomic mass is 10.1. The molecule has 0 atom stereocenters. The third-order valence-electron chi connectivity index (χ3n) is 4.56. The van der Waals surface area contributed by atoms with Crippen LogP contribution in [0.25, 0.3) is 0 Å². The molecule has 0 unspecified atom stereocenters. The van der Waals surface area contributed by atoms with Gasteiger partial charge < -0.3 is 15.0 Å². The van der Waals surface area contributed by atoms with Crippen LogP contribution in [0.15, 0.2) is 66.7 Å². The first-order valence-corrected chi connectivity index (χ1v) is 9.65. The number of nitrogens with zero attached hydrogens (tertiary/aromatic N) is 1. The zero-order valence-electron chi connectivity index (χ0n) is 15.2. The molecule has 0 spiro atoms. The van der Waals surface area contributed by atoms with E-state index in [1.54, 1.807) is 35.2 Å². The minimum atomic E-state index is -0.298. The highest BCUT2D eigenvalue weighted by molar-refractivity contribution is 6.44. The molecule has 1 heterocycles. The van der Waals surface area contributed by atoms with Gasteiger partial charge in [-0.05, 0) is 42.0 Å². The third kappa shape index (κ3) is 4.06. The number of amides is 2. The minimum absolute atomic E-state index is 0.0118. The Morgan fingerprint density at radius 1 is 1.00 bits per heavy atom. The number of rotatable bonds is 4. The van der Waals surface area contributed by atoms with Gasteiger partial charge in [0.1, 0.15) is 5.75 Å². The van der Waals surface area contributed by atoms with Crippen molar-refractivity contribution < 1.29 is 14.3 Å². The fourth-order valence-corrected chi connectivity index (χ4v) is 3.41.